The van der Waals surface area contributed by atoms with Gasteiger partial charge >= 0.3 is 0 Å². The smallest absolute Gasteiger partial charge is 0.261 e. The van der Waals surface area contributed by atoms with Crippen LogP contribution in [0.1, 0.15) is 17.2 Å². The van der Waals surface area contributed by atoms with Crippen LogP contribution in [0.5, 0.6) is 0 Å². The van der Waals surface area contributed by atoms with Crippen LogP contribution in [0.4, 0.5) is 5.69 Å². The second-order valence-corrected chi connectivity index (χ2v) is 6.72. The zero-order valence-electron chi connectivity index (χ0n) is 12.3. The molecule has 0 radical (unpaired) electrons. The van der Waals surface area contributed by atoms with Gasteiger partial charge in [0, 0.05) is 10.5 Å². The number of nitrogens with one attached hydrogen (secondary N) is 1. The number of hydrogen-bond donors (Lipinski definition) is 2. The Morgan fingerprint density at radius 3 is 2.39 bits per heavy atom. The van der Waals surface area contributed by atoms with Gasteiger partial charge in [-0.3, -0.25) is 14.8 Å². The molecular formula is C15H16N2O5S. The largest absolute Gasteiger partial charge is 0.381 e. The number of sulfonamides is 1. The predicted molar refractivity (Wildman–Crippen MR) is 85.3 cm³/mol. The van der Waals surface area contributed by atoms with E-state index in [1.54, 1.807) is 24.3 Å². The van der Waals surface area contributed by atoms with E-state index < -0.39 is 27.6 Å². The van der Waals surface area contributed by atoms with E-state index in [9.17, 15) is 23.6 Å². The molecule has 23 heavy (non-hydrogen) atoms. The first-order valence-corrected chi connectivity index (χ1v) is 8.26. The zero-order valence-corrected chi connectivity index (χ0v) is 13.2. The molecule has 2 aromatic carbocycles. The van der Waals surface area contributed by atoms with Crippen molar-refractivity contribution in [2.45, 2.75) is 17.9 Å². The second kappa shape index (κ2) is 6.76. The lowest BCUT2D eigenvalue weighted by atomic mass is 10.1. The van der Waals surface area contributed by atoms with Gasteiger partial charge in [-0.2, -0.15) is 0 Å². The number of para-hydroxylation sites is 1. The number of anilines is 1. The maximum Gasteiger partial charge on any atom is 0.261 e. The van der Waals surface area contributed by atoms with Crippen LogP contribution in [0.15, 0.2) is 53.4 Å². The summed E-state index contributed by atoms with van der Waals surface area (Å²) in [5, 5.41) is 20.4. The van der Waals surface area contributed by atoms with E-state index in [1.807, 2.05) is 6.92 Å². The summed E-state index contributed by atoms with van der Waals surface area (Å²) in [6.45, 7) is 1.14. The minimum atomic E-state index is -3.85. The Bertz CT molecular complexity index is 803. The maximum atomic E-state index is 12.4. The Balaban J connectivity index is 2.32. The summed E-state index contributed by atoms with van der Waals surface area (Å²) in [6, 6.07) is 12.3. The van der Waals surface area contributed by atoms with Crippen LogP contribution in [0.25, 0.3) is 0 Å². The van der Waals surface area contributed by atoms with Gasteiger partial charge < -0.3 is 5.11 Å². The molecule has 0 aromatic heterocycles. The first-order chi connectivity index (χ1) is 10.8. The van der Waals surface area contributed by atoms with E-state index in [4.69, 9.17) is 0 Å². The monoisotopic (exact) mass is 336 g/mol. The van der Waals surface area contributed by atoms with Crippen LogP contribution < -0.4 is 4.72 Å². The standard InChI is InChI=1S/C15H16N2O5S/c1-11-6-8-12(9-7-11)23(21,22)16-14-5-3-2-4-13(14)15(18)10-17(19)20/h2-9,15-16,18H,10H2,1H3. The minimum absolute atomic E-state index is 0.0710. The highest BCUT2D eigenvalue weighted by atomic mass is 32.2. The van der Waals surface area contributed by atoms with Gasteiger partial charge in [0.05, 0.1) is 10.6 Å². The molecule has 0 amide bonds. The molecule has 0 aliphatic heterocycles. The molecule has 0 fully saturated rings. The molecule has 0 saturated carbocycles. The number of aliphatic hydroxyl groups is 1. The molecule has 7 nitrogen and oxygen atoms in total. The van der Waals surface area contributed by atoms with Crippen LogP contribution >= 0.6 is 0 Å². The molecule has 0 saturated heterocycles. The molecule has 1 unspecified atom stereocenters. The van der Waals surface area contributed by atoms with Gasteiger partial charge in [-0.05, 0) is 25.1 Å². The van der Waals surface area contributed by atoms with Gasteiger partial charge in [-0.25, -0.2) is 8.42 Å². The molecule has 0 bridgehead atoms. The van der Waals surface area contributed by atoms with Crippen LogP contribution in [0, 0.1) is 17.0 Å². The second-order valence-electron chi connectivity index (χ2n) is 5.04. The predicted octanol–water partition coefficient (Wildman–Crippen LogP) is 2.11. The number of aliphatic hydroxyl groups excluding tert-OH is 1. The highest BCUT2D eigenvalue weighted by molar-refractivity contribution is 7.92. The van der Waals surface area contributed by atoms with Crippen LogP contribution in [-0.4, -0.2) is 25.0 Å². The van der Waals surface area contributed by atoms with Gasteiger partial charge in [0.2, 0.25) is 6.54 Å². The van der Waals surface area contributed by atoms with Crippen LogP contribution in [0.2, 0.25) is 0 Å². The molecule has 2 N–H and O–H groups in total. The number of nitrogens with zero attached hydrogens (tertiary/aromatic N) is 1. The third-order valence-electron chi connectivity index (χ3n) is 3.22. The van der Waals surface area contributed by atoms with E-state index in [2.05, 4.69) is 4.72 Å². The Morgan fingerprint density at radius 1 is 1.17 bits per heavy atom. The summed E-state index contributed by atoms with van der Waals surface area (Å²) in [6.07, 6.45) is -1.40. The molecule has 0 heterocycles. The van der Waals surface area contributed by atoms with Gasteiger partial charge in [-0.1, -0.05) is 35.9 Å². The van der Waals surface area contributed by atoms with Crippen molar-refractivity contribution in [3.05, 3.63) is 69.8 Å². The summed E-state index contributed by atoms with van der Waals surface area (Å²) >= 11 is 0. The summed E-state index contributed by atoms with van der Waals surface area (Å²) in [4.78, 5) is 9.95. The van der Waals surface area contributed by atoms with Crippen molar-refractivity contribution in [2.75, 3.05) is 11.3 Å². The number of rotatable bonds is 6. The van der Waals surface area contributed by atoms with Gasteiger partial charge in [0.15, 0.2) is 0 Å². The number of hydrogen-bond acceptors (Lipinski definition) is 5. The summed E-state index contributed by atoms with van der Waals surface area (Å²) in [5.74, 6) is 0. The van der Waals surface area contributed by atoms with Crippen molar-refractivity contribution in [3.8, 4) is 0 Å². The highest BCUT2D eigenvalue weighted by Gasteiger charge is 2.21. The van der Waals surface area contributed by atoms with Crippen molar-refractivity contribution in [3.63, 3.8) is 0 Å². The Labute approximate surface area is 133 Å². The molecule has 0 aliphatic rings. The van der Waals surface area contributed by atoms with E-state index in [0.717, 1.165) is 5.56 Å². The fourth-order valence-corrected chi connectivity index (χ4v) is 3.13. The molecule has 2 rings (SSSR count). The normalized spacial score (nSPS) is 12.6. The van der Waals surface area contributed by atoms with Gasteiger partial charge in [0.1, 0.15) is 6.10 Å². The van der Waals surface area contributed by atoms with Crippen molar-refractivity contribution in [1.82, 2.24) is 0 Å². The molecule has 2 aromatic rings. The fourth-order valence-electron chi connectivity index (χ4n) is 2.04. The summed E-state index contributed by atoms with van der Waals surface area (Å²) in [5.41, 5.74) is 1.19. The quantitative estimate of drug-likeness (QED) is 0.620. The lowest BCUT2D eigenvalue weighted by molar-refractivity contribution is -0.491. The lowest BCUT2D eigenvalue weighted by Crippen LogP contribution is -2.17. The van der Waals surface area contributed by atoms with Crippen molar-refractivity contribution in [1.29, 1.82) is 0 Å². The summed E-state index contributed by atoms with van der Waals surface area (Å²) in [7, 11) is -3.85. The first-order valence-electron chi connectivity index (χ1n) is 6.78. The third-order valence-corrected chi connectivity index (χ3v) is 4.60. The Morgan fingerprint density at radius 2 is 1.78 bits per heavy atom. The number of nitro groups is 1. The average molecular weight is 336 g/mol. The SMILES string of the molecule is Cc1ccc(S(=O)(=O)Nc2ccccc2C(O)C[N+](=O)[O-])cc1. The zero-order chi connectivity index (χ0) is 17.0. The fraction of sp³-hybridized carbons (Fsp3) is 0.200. The lowest BCUT2D eigenvalue weighted by Gasteiger charge is -2.14. The molecule has 8 heteroatoms. The average Bonchev–Trinajstić information content (AvgIpc) is 2.47. The molecular weight excluding hydrogens is 320 g/mol. The van der Waals surface area contributed by atoms with Crippen LogP contribution in [0.3, 0.4) is 0 Å². The van der Waals surface area contributed by atoms with Crippen molar-refractivity contribution < 1.29 is 18.4 Å². The molecule has 0 aliphatic carbocycles. The van der Waals surface area contributed by atoms with Crippen LogP contribution in [-0.2, 0) is 10.0 Å². The maximum absolute atomic E-state index is 12.4. The third kappa shape index (κ3) is 4.27. The molecule has 0 spiro atoms. The highest BCUT2D eigenvalue weighted by Crippen LogP contribution is 2.25. The van der Waals surface area contributed by atoms with E-state index >= 15 is 0 Å². The Hall–Kier alpha value is -2.45. The topological polar surface area (TPSA) is 110 Å². The van der Waals surface area contributed by atoms with E-state index in [0.29, 0.717) is 0 Å². The van der Waals surface area contributed by atoms with Gasteiger partial charge in [-0.15, -0.1) is 0 Å². The number of aryl methyl sites for hydroxylation is 1. The van der Waals surface area contributed by atoms with Crippen molar-refractivity contribution >= 4 is 15.7 Å². The van der Waals surface area contributed by atoms with E-state index in [1.165, 1.54) is 24.3 Å². The molecule has 122 valence electrons. The van der Waals surface area contributed by atoms with Crippen molar-refractivity contribution in [2.24, 2.45) is 0 Å². The summed E-state index contributed by atoms with van der Waals surface area (Å²) < 4.78 is 27.1. The first kappa shape index (κ1) is 16.9. The van der Waals surface area contributed by atoms with E-state index in [-0.39, 0.29) is 16.1 Å². The number of benzene rings is 2. The Kier molecular flexibility index (Phi) is 4.97. The molecule has 1 atom stereocenters. The minimum Gasteiger partial charge on any atom is -0.381 e. The van der Waals surface area contributed by atoms with Gasteiger partial charge in [0.25, 0.3) is 10.0 Å².